The van der Waals surface area contributed by atoms with Gasteiger partial charge in [0.2, 0.25) is 0 Å². The molecule has 0 fully saturated rings. The van der Waals surface area contributed by atoms with Crippen LogP contribution in [-0.2, 0) is 6.42 Å². The van der Waals surface area contributed by atoms with Crippen molar-refractivity contribution in [3.05, 3.63) is 46.5 Å². The van der Waals surface area contributed by atoms with Crippen LogP contribution in [0.25, 0.3) is 11.6 Å². The molecule has 2 aliphatic carbocycles. The van der Waals surface area contributed by atoms with Gasteiger partial charge in [-0.05, 0) is 52.5 Å². The quantitative estimate of drug-likeness (QED) is 0.642. The molecule has 3 rings (SSSR count). The van der Waals surface area contributed by atoms with Crippen LogP contribution >= 0.6 is 0 Å². The van der Waals surface area contributed by atoms with E-state index in [4.69, 9.17) is 0 Å². The van der Waals surface area contributed by atoms with Crippen LogP contribution in [0.1, 0.15) is 55.4 Å². The van der Waals surface area contributed by atoms with Crippen molar-refractivity contribution in [3.63, 3.8) is 0 Å². The molecule has 0 amide bonds. The van der Waals surface area contributed by atoms with E-state index in [-0.39, 0.29) is 0 Å². The number of allylic oxidation sites excluding steroid dienone is 3. The molecule has 0 heterocycles. The van der Waals surface area contributed by atoms with Gasteiger partial charge in [-0.1, -0.05) is 51.1 Å². The maximum atomic E-state index is 2.45. The molecule has 0 radical (unpaired) electrons. The molecule has 0 bridgehead atoms. The molecule has 0 N–H and O–H groups in total. The first kappa shape index (κ1) is 10.8. The van der Waals surface area contributed by atoms with E-state index in [9.17, 15) is 0 Å². The van der Waals surface area contributed by atoms with Crippen LogP contribution in [0.2, 0.25) is 0 Å². The zero-order chi connectivity index (χ0) is 12.0. The van der Waals surface area contributed by atoms with Crippen LogP contribution < -0.4 is 0 Å². The van der Waals surface area contributed by atoms with Gasteiger partial charge in [0.05, 0.1) is 0 Å². The number of aryl methyl sites for hydroxylation is 1. The second-order valence-electron chi connectivity index (χ2n) is 5.67. The van der Waals surface area contributed by atoms with Gasteiger partial charge in [0.1, 0.15) is 0 Å². The standard InChI is InChI=1S/C17H20/c1-11(2)15-9-7-13-5-6-14-10-12(3)4-8-16(15)17(13)14/h4,7-12H,5-6H2,1-3H3. The molecule has 0 heteroatoms. The lowest BCUT2D eigenvalue weighted by atomic mass is 9.90. The summed E-state index contributed by atoms with van der Waals surface area (Å²) < 4.78 is 0. The summed E-state index contributed by atoms with van der Waals surface area (Å²) >= 11 is 0. The topological polar surface area (TPSA) is 0 Å². The van der Waals surface area contributed by atoms with Crippen LogP contribution in [0, 0.1) is 5.92 Å². The van der Waals surface area contributed by atoms with Crippen molar-refractivity contribution in [2.45, 2.75) is 39.5 Å². The van der Waals surface area contributed by atoms with Crippen molar-refractivity contribution < 1.29 is 0 Å². The Morgan fingerprint density at radius 2 is 2.00 bits per heavy atom. The third kappa shape index (κ3) is 1.67. The summed E-state index contributed by atoms with van der Waals surface area (Å²) in [6.45, 7) is 6.86. The summed E-state index contributed by atoms with van der Waals surface area (Å²) in [6.07, 6.45) is 9.60. The van der Waals surface area contributed by atoms with Crippen molar-refractivity contribution in [2.24, 2.45) is 5.92 Å². The highest BCUT2D eigenvalue weighted by Crippen LogP contribution is 2.41. The minimum atomic E-state index is 0.573. The fourth-order valence-electron chi connectivity index (χ4n) is 3.13. The summed E-state index contributed by atoms with van der Waals surface area (Å²) in [4.78, 5) is 0. The molecule has 0 aliphatic heterocycles. The Labute approximate surface area is 104 Å². The zero-order valence-electron chi connectivity index (χ0n) is 11.0. The maximum absolute atomic E-state index is 2.45. The SMILES string of the molecule is CC1C=Cc2c(C(C)C)ccc3c2C(=C1)CC3. The lowest BCUT2D eigenvalue weighted by Crippen LogP contribution is -1.96. The van der Waals surface area contributed by atoms with E-state index in [0.717, 1.165) is 0 Å². The largest absolute Gasteiger partial charge is 0.0773 e. The third-order valence-electron chi connectivity index (χ3n) is 4.00. The van der Waals surface area contributed by atoms with Crippen LogP contribution in [0.15, 0.2) is 24.3 Å². The van der Waals surface area contributed by atoms with Gasteiger partial charge in [-0.3, -0.25) is 0 Å². The maximum Gasteiger partial charge on any atom is -0.00725 e. The Balaban J connectivity index is 2.29. The fourth-order valence-corrected chi connectivity index (χ4v) is 3.13. The molecule has 2 aliphatic rings. The minimum Gasteiger partial charge on any atom is -0.0773 e. The molecule has 0 saturated heterocycles. The molecule has 1 aromatic rings. The molecule has 88 valence electrons. The third-order valence-corrected chi connectivity index (χ3v) is 4.00. The number of hydrogen-bond donors (Lipinski definition) is 0. The van der Waals surface area contributed by atoms with Crippen LogP contribution in [0.5, 0.6) is 0 Å². The Morgan fingerprint density at radius 3 is 2.76 bits per heavy atom. The summed E-state index contributed by atoms with van der Waals surface area (Å²) in [7, 11) is 0. The zero-order valence-corrected chi connectivity index (χ0v) is 11.0. The Kier molecular flexibility index (Phi) is 2.47. The first-order chi connectivity index (χ1) is 8.16. The van der Waals surface area contributed by atoms with E-state index in [0.29, 0.717) is 11.8 Å². The van der Waals surface area contributed by atoms with Crippen molar-refractivity contribution in [2.75, 3.05) is 0 Å². The smallest absolute Gasteiger partial charge is 0.00725 e. The summed E-state index contributed by atoms with van der Waals surface area (Å²) in [5.74, 6) is 1.18. The molecule has 1 aromatic carbocycles. The van der Waals surface area contributed by atoms with Gasteiger partial charge in [-0.2, -0.15) is 0 Å². The highest BCUT2D eigenvalue weighted by Gasteiger charge is 2.23. The van der Waals surface area contributed by atoms with Gasteiger partial charge >= 0.3 is 0 Å². The van der Waals surface area contributed by atoms with E-state index in [1.807, 2.05) is 0 Å². The lowest BCUT2D eigenvalue weighted by molar-refractivity contribution is 0.862. The Hall–Kier alpha value is -1.30. The van der Waals surface area contributed by atoms with Gasteiger partial charge in [-0.15, -0.1) is 0 Å². The van der Waals surface area contributed by atoms with E-state index >= 15 is 0 Å². The predicted octanol–water partition coefficient (Wildman–Crippen LogP) is 4.80. The number of rotatable bonds is 1. The van der Waals surface area contributed by atoms with E-state index in [1.165, 1.54) is 24.0 Å². The van der Waals surface area contributed by atoms with Gasteiger partial charge in [0.15, 0.2) is 0 Å². The average Bonchev–Trinajstić information content (AvgIpc) is 2.60. The van der Waals surface area contributed by atoms with Crippen LogP contribution in [-0.4, -0.2) is 0 Å². The second-order valence-corrected chi connectivity index (χ2v) is 5.67. The minimum absolute atomic E-state index is 0.573. The Morgan fingerprint density at radius 1 is 1.18 bits per heavy atom. The molecule has 0 aromatic heterocycles. The molecule has 17 heavy (non-hydrogen) atoms. The van der Waals surface area contributed by atoms with Gasteiger partial charge in [-0.25, -0.2) is 0 Å². The van der Waals surface area contributed by atoms with E-state index in [2.05, 4.69) is 51.1 Å². The van der Waals surface area contributed by atoms with Crippen molar-refractivity contribution in [3.8, 4) is 0 Å². The first-order valence-corrected chi connectivity index (χ1v) is 6.72. The van der Waals surface area contributed by atoms with Gasteiger partial charge < -0.3 is 0 Å². The number of hydrogen-bond acceptors (Lipinski definition) is 0. The van der Waals surface area contributed by atoms with Crippen LogP contribution in [0.4, 0.5) is 0 Å². The Bertz CT molecular complexity index is 515. The summed E-state index contributed by atoms with van der Waals surface area (Å²) in [5, 5.41) is 0. The van der Waals surface area contributed by atoms with Gasteiger partial charge in [0.25, 0.3) is 0 Å². The fraction of sp³-hybridized carbons (Fsp3) is 0.412. The molecule has 0 saturated carbocycles. The normalized spacial score (nSPS) is 21.4. The number of benzene rings is 1. The highest BCUT2D eigenvalue weighted by atomic mass is 14.3. The summed E-state index contributed by atoms with van der Waals surface area (Å²) in [5.41, 5.74) is 7.67. The molecule has 0 nitrogen and oxygen atoms in total. The predicted molar refractivity (Wildman–Crippen MR) is 75.0 cm³/mol. The molecular weight excluding hydrogens is 204 g/mol. The van der Waals surface area contributed by atoms with Crippen molar-refractivity contribution in [1.82, 2.24) is 0 Å². The van der Waals surface area contributed by atoms with E-state index in [1.54, 1.807) is 16.7 Å². The molecular formula is C17H20. The van der Waals surface area contributed by atoms with Crippen molar-refractivity contribution >= 4 is 11.6 Å². The molecule has 0 spiro atoms. The van der Waals surface area contributed by atoms with E-state index < -0.39 is 0 Å². The lowest BCUT2D eigenvalue weighted by Gasteiger charge is -2.14. The molecule has 1 unspecified atom stereocenters. The van der Waals surface area contributed by atoms with Gasteiger partial charge in [0, 0.05) is 0 Å². The average molecular weight is 224 g/mol. The van der Waals surface area contributed by atoms with Crippen molar-refractivity contribution in [1.29, 1.82) is 0 Å². The molecule has 1 atom stereocenters. The second kappa shape index (κ2) is 3.87. The highest BCUT2D eigenvalue weighted by molar-refractivity contribution is 5.83. The summed E-state index contributed by atoms with van der Waals surface area (Å²) in [6, 6.07) is 4.68. The van der Waals surface area contributed by atoms with Crippen LogP contribution in [0.3, 0.4) is 0 Å². The first-order valence-electron chi connectivity index (χ1n) is 6.72. The monoisotopic (exact) mass is 224 g/mol.